The number of imidazole rings is 1. The molecule has 0 saturated carbocycles. The van der Waals surface area contributed by atoms with Gasteiger partial charge >= 0.3 is 0 Å². The quantitative estimate of drug-likeness (QED) is 0.398. The highest BCUT2D eigenvalue weighted by molar-refractivity contribution is 6.13. The molecular weight excluding hydrogens is 390 g/mol. The highest BCUT2D eigenvalue weighted by Crippen LogP contribution is 2.48. The van der Waals surface area contributed by atoms with Crippen molar-refractivity contribution in [3.63, 3.8) is 0 Å². The van der Waals surface area contributed by atoms with E-state index < -0.39 is 0 Å². The van der Waals surface area contributed by atoms with Crippen LogP contribution in [0.1, 0.15) is 11.1 Å². The third kappa shape index (κ3) is 2.86. The van der Waals surface area contributed by atoms with E-state index in [0.717, 1.165) is 44.4 Å². The summed E-state index contributed by atoms with van der Waals surface area (Å²) >= 11 is 0. The second kappa shape index (κ2) is 7.16. The fourth-order valence-corrected chi connectivity index (χ4v) is 4.08. The summed E-state index contributed by atoms with van der Waals surface area (Å²) in [6.07, 6.45) is 2.01. The number of aryl methyl sites for hydroxylation is 2. The highest BCUT2D eigenvalue weighted by Gasteiger charge is 2.24. The van der Waals surface area contributed by atoms with Crippen molar-refractivity contribution in [3.05, 3.63) is 59.8 Å². The Morgan fingerprint density at radius 2 is 1.52 bits per heavy atom. The van der Waals surface area contributed by atoms with Crippen LogP contribution in [-0.4, -0.2) is 35.7 Å². The Labute approximate surface area is 180 Å². The number of fused-ring (bicyclic) bond motifs is 5. The summed E-state index contributed by atoms with van der Waals surface area (Å²) in [7, 11) is 4.86. The maximum Gasteiger partial charge on any atom is 0.204 e. The van der Waals surface area contributed by atoms with Crippen molar-refractivity contribution in [1.82, 2.24) is 14.4 Å². The summed E-state index contributed by atoms with van der Waals surface area (Å²) in [5.41, 5.74) is 6.54. The molecule has 0 radical (unpaired) electrons. The molecule has 5 aromatic rings. The molecule has 0 unspecified atom stereocenters. The lowest BCUT2D eigenvalue weighted by Crippen LogP contribution is -1.99. The van der Waals surface area contributed by atoms with Crippen molar-refractivity contribution in [2.45, 2.75) is 13.8 Å². The molecule has 0 atom stereocenters. The lowest BCUT2D eigenvalue weighted by molar-refractivity contribution is 0.327. The van der Waals surface area contributed by atoms with E-state index in [1.165, 1.54) is 5.56 Å². The van der Waals surface area contributed by atoms with Crippen molar-refractivity contribution in [1.29, 1.82) is 0 Å². The van der Waals surface area contributed by atoms with Gasteiger partial charge in [-0.2, -0.15) is 0 Å². The molecule has 31 heavy (non-hydrogen) atoms. The molecular formula is C25H23N3O3. The predicted octanol–water partition coefficient (Wildman–Crippen LogP) is 5.35. The van der Waals surface area contributed by atoms with Crippen molar-refractivity contribution in [2.24, 2.45) is 0 Å². The van der Waals surface area contributed by atoms with Gasteiger partial charge in [-0.05, 0) is 37.6 Å². The zero-order valence-electron chi connectivity index (χ0n) is 18.2. The van der Waals surface area contributed by atoms with Crippen LogP contribution in [0.2, 0.25) is 0 Å². The number of rotatable bonds is 4. The first-order chi connectivity index (χ1) is 15.0. The van der Waals surface area contributed by atoms with Crippen LogP contribution in [0.25, 0.3) is 38.8 Å². The van der Waals surface area contributed by atoms with Crippen molar-refractivity contribution in [3.8, 4) is 28.5 Å². The van der Waals surface area contributed by atoms with E-state index in [1.54, 1.807) is 21.3 Å². The average Bonchev–Trinajstić information content (AvgIpc) is 3.15. The second-order valence-electron chi connectivity index (χ2n) is 7.61. The van der Waals surface area contributed by atoms with Gasteiger partial charge in [0.2, 0.25) is 5.75 Å². The van der Waals surface area contributed by atoms with Crippen LogP contribution in [0.15, 0.2) is 48.7 Å². The van der Waals surface area contributed by atoms with Crippen LogP contribution in [0.5, 0.6) is 17.2 Å². The summed E-state index contributed by atoms with van der Waals surface area (Å²) in [4.78, 5) is 9.99. The number of methoxy groups -OCH3 is 3. The Kier molecular flexibility index (Phi) is 4.43. The first-order valence-corrected chi connectivity index (χ1v) is 10.0. The fraction of sp³-hybridized carbons (Fsp3) is 0.200. The molecule has 0 saturated heterocycles. The first kappa shape index (κ1) is 19.2. The van der Waals surface area contributed by atoms with Gasteiger partial charge in [-0.3, -0.25) is 4.40 Å². The minimum absolute atomic E-state index is 0.534. The van der Waals surface area contributed by atoms with Gasteiger partial charge in [0.05, 0.1) is 32.4 Å². The molecule has 0 aliphatic carbocycles. The van der Waals surface area contributed by atoms with Crippen molar-refractivity contribution >= 4 is 27.6 Å². The number of pyridine rings is 2. The summed E-state index contributed by atoms with van der Waals surface area (Å²) in [5, 5.41) is 1.74. The first-order valence-electron chi connectivity index (χ1n) is 10.0. The molecule has 156 valence electrons. The molecule has 0 aliphatic rings. The number of benzene rings is 2. The Bertz CT molecular complexity index is 1450. The van der Waals surface area contributed by atoms with Gasteiger partial charge in [0, 0.05) is 17.1 Å². The van der Waals surface area contributed by atoms with Crippen LogP contribution < -0.4 is 14.2 Å². The Morgan fingerprint density at radius 1 is 0.774 bits per heavy atom. The number of hydrogen-bond donors (Lipinski definition) is 0. The van der Waals surface area contributed by atoms with Crippen LogP contribution in [0.3, 0.4) is 0 Å². The molecule has 5 rings (SSSR count). The van der Waals surface area contributed by atoms with E-state index in [4.69, 9.17) is 24.2 Å². The fourth-order valence-electron chi connectivity index (χ4n) is 4.08. The SMILES string of the molecule is COc1cc2c(c(-c3ccc(C)cc3)nc3c2nc2cc(C)ccn23)c(OC)c1OC. The molecule has 0 spiro atoms. The largest absolute Gasteiger partial charge is 0.493 e. The van der Waals surface area contributed by atoms with Gasteiger partial charge in [0.1, 0.15) is 11.2 Å². The predicted molar refractivity (Wildman–Crippen MR) is 123 cm³/mol. The molecule has 6 heteroatoms. The topological polar surface area (TPSA) is 57.9 Å². The molecule has 0 fully saturated rings. The normalized spacial score (nSPS) is 11.4. The lowest BCUT2D eigenvalue weighted by atomic mass is 10.0. The standard InChI is InChI=1S/C25H23N3O3/c1-14-6-8-16(9-7-14)21-20-17(13-18(29-3)23(30-4)24(20)31-5)22-25(27-21)28-11-10-15(2)12-19(28)26-22/h6-13H,1-5H3. The van der Waals surface area contributed by atoms with Crippen LogP contribution in [0.4, 0.5) is 0 Å². The average molecular weight is 413 g/mol. The highest BCUT2D eigenvalue weighted by atomic mass is 16.5. The molecule has 0 N–H and O–H groups in total. The summed E-state index contributed by atoms with van der Waals surface area (Å²) < 4.78 is 19.1. The minimum atomic E-state index is 0.534. The van der Waals surface area contributed by atoms with Crippen LogP contribution in [0, 0.1) is 13.8 Å². The molecule has 6 nitrogen and oxygen atoms in total. The van der Waals surface area contributed by atoms with E-state index in [-0.39, 0.29) is 0 Å². The number of ether oxygens (including phenoxy) is 3. The third-order valence-electron chi connectivity index (χ3n) is 5.62. The smallest absolute Gasteiger partial charge is 0.204 e. The zero-order chi connectivity index (χ0) is 21.7. The van der Waals surface area contributed by atoms with E-state index in [1.807, 2.05) is 16.7 Å². The monoisotopic (exact) mass is 413 g/mol. The van der Waals surface area contributed by atoms with Gasteiger partial charge in [-0.25, -0.2) is 9.97 Å². The van der Waals surface area contributed by atoms with Crippen LogP contribution >= 0.6 is 0 Å². The number of aromatic nitrogens is 3. The molecule has 3 aromatic heterocycles. The Hall–Kier alpha value is -3.80. The van der Waals surface area contributed by atoms with Crippen molar-refractivity contribution in [2.75, 3.05) is 21.3 Å². The minimum Gasteiger partial charge on any atom is -0.493 e. The lowest BCUT2D eigenvalue weighted by Gasteiger charge is -2.17. The molecule has 0 aliphatic heterocycles. The summed E-state index contributed by atoms with van der Waals surface area (Å²) in [5.74, 6) is 1.70. The Morgan fingerprint density at radius 3 is 2.19 bits per heavy atom. The summed E-state index contributed by atoms with van der Waals surface area (Å²) in [6.45, 7) is 4.12. The Balaban J connectivity index is 2.03. The van der Waals surface area contributed by atoms with E-state index in [0.29, 0.717) is 17.2 Å². The van der Waals surface area contributed by atoms with E-state index in [2.05, 4.69) is 50.2 Å². The number of hydrogen-bond acceptors (Lipinski definition) is 5. The molecule has 2 aromatic carbocycles. The van der Waals surface area contributed by atoms with Gasteiger partial charge in [-0.15, -0.1) is 0 Å². The maximum atomic E-state index is 5.84. The van der Waals surface area contributed by atoms with Gasteiger partial charge < -0.3 is 14.2 Å². The number of nitrogens with zero attached hydrogens (tertiary/aromatic N) is 3. The maximum absolute atomic E-state index is 5.84. The van der Waals surface area contributed by atoms with Crippen LogP contribution in [-0.2, 0) is 0 Å². The zero-order valence-corrected chi connectivity index (χ0v) is 18.2. The molecule has 3 heterocycles. The van der Waals surface area contributed by atoms with Gasteiger partial charge in [0.25, 0.3) is 0 Å². The van der Waals surface area contributed by atoms with Gasteiger partial charge in [0.15, 0.2) is 17.1 Å². The van der Waals surface area contributed by atoms with Crippen molar-refractivity contribution < 1.29 is 14.2 Å². The van der Waals surface area contributed by atoms with E-state index >= 15 is 0 Å². The molecule has 0 amide bonds. The second-order valence-corrected chi connectivity index (χ2v) is 7.61. The van der Waals surface area contributed by atoms with Gasteiger partial charge in [-0.1, -0.05) is 29.8 Å². The molecule has 0 bridgehead atoms. The van der Waals surface area contributed by atoms with E-state index in [9.17, 15) is 0 Å². The third-order valence-corrected chi connectivity index (χ3v) is 5.62. The summed E-state index contributed by atoms with van der Waals surface area (Å²) in [6, 6.07) is 14.4.